The molecule has 0 spiro atoms. The SMILES string of the molecule is CN1CCN(c2ccc(CNS(=O)(=O)Cc3cccc(Cl)c3)cc2)CC1. The van der Waals surface area contributed by atoms with Gasteiger partial charge in [0.25, 0.3) is 0 Å². The molecule has 1 N–H and O–H groups in total. The molecule has 1 saturated heterocycles. The molecule has 0 amide bonds. The van der Waals surface area contributed by atoms with Crippen LogP contribution in [-0.4, -0.2) is 46.5 Å². The number of anilines is 1. The molecule has 0 saturated carbocycles. The average molecular weight is 394 g/mol. The number of benzene rings is 2. The molecule has 0 unspecified atom stereocenters. The van der Waals surface area contributed by atoms with Crippen LogP contribution in [0.15, 0.2) is 48.5 Å². The van der Waals surface area contributed by atoms with Gasteiger partial charge in [-0.25, -0.2) is 13.1 Å². The van der Waals surface area contributed by atoms with Gasteiger partial charge in [0.1, 0.15) is 0 Å². The van der Waals surface area contributed by atoms with E-state index in [4.69, 9.17) is 11.6 Å². The molecule has 0 bridgehead atoms. The van der Waals surface area contributed by atoms with Gasteiger partial charge in [-0.2, -0.15) is 0 Å². The van der Waals surface area contributed by atoms with Crippen LogP contribution in [-0.2, 0) is 22.3 Å². The predicted molar refractivity (Wildman–Crippen MR) is 107 cm³/mol. The zero-order valence-corrected chi connectivity index (χ0v) is 16.4. The Hall–Kier alpha value is -1.60. The Kier molecular flexibility index (Phi) is 6.19. The maximum Gasteiger partial charge on any atom is 0.216 e. The number of rotatable bonds is 6. The van der Waals surface area contributed by atoms with Gasteiger partial charge < -0.3 is 9.80 Å². The Morgan fingerprint density at radius 1 is 1.00 bits per heavy atom. The number of halogens is 1. The van der Waals surface area contributed by atoms with Crippen molar-refractivity contribution in [1.29, 1.82) is 0 Å². The fourth-order valence-corrected chi connectivity index (χ4v) is 4.30. The molecule has 0 radical (unpaired) electrons. The van der Waals surface area contributed by atoms with Crippen LogP contribution in [0.25, 0.3) is 0 Å². The minimum Gasteiger partial charge on any atom is -0.369 e. The average Bonchev–Trinajstić information content (AvgIpc) is 2.61. The van der Waals surface area contributed by atoms with Crippen molar-refractivity contribution in [3.63, 3.8) is 0 Å². The van der Waals surface area contributed by atoms with Crippen LogP contribution in [0.3, 0.4) is 0 Å². The van der Waals surface area contributed by atoms with E-state index < -0.39 is 10.0 Å². The van der Waals surface area contributed by atoms with Gasteiger partial charge in [0, 0.05) is 43.4 Å². The monoisotopic (exact) mass is 393 g/mol. The summed E-state index contributed by atoms with van der Waals surface area (Å²) < 4.78 is 27.2. The number of nitrogens with zero attached hydrogens (tertiary/aromatic N) is 2. The minimum atomic E-state index is -3.41. The number of nitrogens with one attached hydrogen (secondary N) is 1. The lowest BCUT2D eigenvalue weighted by Crippen LogP contribution is -2.44. The van der Waals surface area contributed by atoms with E-state index in [1.165, 1.54) is 5.69 Å². The summed E-state index contributed by atoms with van der Waals surface area (Å²) in [5, 5.41) is 0.539. The first-order chi connectivity index (χ1) is 12.4. The summed E-state index contributed by atoms with van der Waals surface area (Å²) in [7, 11) is -1.28. The van der Waals surface area contributed by atoms with Gasteiger partial charge in [0.2, 0.25) is 10.0 Å². The Bertz CT molecular complexity index is 832. The summed E-state index contributed by atoms with van der Waals surface area (Å²) in [6.07, 6.45) is 0. The summed E-state index contributed by atoms with van der Waals surface area (Å²) in [4.78, 5) is 4.67. The third-order valence-electron chi connectivity index (χ3n) is 4.55. The Balaban J connectivity index is 1.55. The predicted octanol–water partition coefficient (Wildman–Crippen LogP) is 2.71. The summed E-state index contributed by atoms with van der Waals surface area (Å²) in [6.45, 7) is 4.44. The van der Waals surface area contributed by atoms with Crippen molar-refractivity contribution in [3.8, 4) is 0 Å². The van der Waals surface area contributed by atoms with E-state index >= 15 is 0 Å². The van der Waals surface area contributed by atoms with Crippen molar-refractivity contribution in [2.24, 2.45) is 0 Å². The molecule has 26 heavy (non-hydrogen) atoms. The number of piperazine rings is 1. The second-order valence-corrected chi connectivity index (χ2v) is 8.91. The van der Waals surface area contributed by atoms with Crippen molar-refractivity contribution >= 4 is 27.3 Å². The Morgan fingerprint density at radius 3 is 2.35 bits per heavy atom. The highest BCUT2D eigenvalue weighted by atomic mass is 35.5. The van der Waals surface area contributed by atoms with Crippen LogP contribution in [0.1, 0.15) is 11.1 Å². The summed E-state index contributed by atoms with van der Waals surface area (Å²) in [5.41, 5.74) is 2.80. The van der Waals surface area contributed by atoms with Crippen LogP contribution in [0.5, 0.6) is 0 Å². The fourth-order valence-electron chi connectivity index (χ4n) is 2.98. The van der Waals surface area contributed by atoms with Crippen LogP contribution in [0.2, 0.25) is 5.02 Å². The molecule has 5 nitrogen and oxygen atoms in total. The van der Waals surface area contributed by atoms with Crippen molar-refractivity contribution < 1.29 is 8.42 Å². The first-order valence-corrected chi connectivity index (χ1v) is 10.7. The third-order valence-corrected chi connectivity index (χ3v) is 6.08. The molecule has 7 heteroatoms. The van der Waals surface area contributed by atoms with Crippen LogP contribution >= 0.6 is 11.6 Å². The molecule has 2 aromatic carbocycles. The molecule has 2 aromatic rings. The van der Waals surface area contributed by atoms with E-state index in [2.05, 4.69) is 33.7 Å². The van der Waals surface area contributed by atoms with E-state index in [9.17, 15) is 8.42 Å². The molecule has 1 fully saturated rings. The zero-order valence-electron chi connectivity index (χ0n) is 14.9. The highest BCUT2D eigenvalue weighted by molar-refractivity contribution is 7.88. The fraction of sp³-hybridized carbons (Fsp3) is 0.368. The second kappa shape index (κ2) is 8.39. The lowest BCUT2D eigenvalue weighted by Gasteiger charge is -2.34. The number of likely N-dealkylation sites (N-methyl/N-ethyl adjacent to an activating group) is 1. The van der Waals surface area contributed by atoms with Gasteiger partial charge in [-0.05, 0) is 42.4 Å². The largest absolute Gasteiger partial charge is 0.369 e. The van der Waals surface area contributed by atoms with E-state index in [0.29, 0.717) is 10.6 Å². The lowest BCUT2D eigenvalue weighted by molar-refractivity contribution is 0.313. The van der Waals surface area contributed by atoms with Gasteiger partial charge in [-0.1, -0.05) is 35.9 Å². The van der Waals surface area contributed by atoms with E-state index in [1.54, 1.807) is 24.3 Å². The van der Waals surface area contributed by atoms with Crippen molar-refractivity contribution in [2.45, 2.75) is 12.3 Å². The van der Waals surface area contributed by atoms with E-state index in [1.807, 2.05) is 12.1 Å². The molecule has 0 aromatic heterocycles. The van der Waals surface area contributed by atoms with Crippen molar-refractivity contribution in [1.82, 2.24) is 9.62 Å². The van der Waals surface area contributed by atoms with Gasteiger partial charge >= 0.3 is 0 Å². The second-order valence-electron chi connectivity index (χ2n) is 6.67. The molecule has 1 aliphatic heterocycles. The zero-order chi connectivity index (χ0) is 18.6. The van der Waals surface area contributed by atoms with Gasteiger partial charge in [0.05, 0.1) is 5.75 Å². The minimum absolute atomic E-state index is 0.0764. The van der Waals surface area contributed by atoms with Crippen LogP contribution in [0.4, 0.5) is 5.69 Å². The maximum atomic E-state index is 12.3. The first kappa shape index (κ1) is 19.2. The molecule has 140 valence electrons. The summed E-state index contributed by atoms with van der Waals surface area (Å²) >= 11 is 5.91. The molecular weight excluding hydrogens is 370 g/mol. The topological polar surface area (TPSA) is 52.6 Å². The summed E-state index contributed by atoms with van der Waals surface area (Å²) in [6, 6.07) is 15.0. The Labute approximate surface area is 160 Å². The normalized spacial score (nSPS) is 16.0. The van der Waals surface area contributed by atoms with Crippen LogP contribution < -0.4 is 9.62 Å². The number of sulfonamides is 1. The maximum absolute atomic E-state index is 12.3. The highest BCUT2D eigenvalue weighted by Crippen LogP contribution is 2.17. The molecule has 0 atom stereocenters. The van der Waals surface area contributed by atoms with Gasteiger partial charge in [-0.3, -0.25) is 0 Å². The van der Waals surface area contributed by atoms with Crippen molar-refractivity contribution in [2.75, 3.05) is 38.1 Å². The van der Waals surface area contributed by atoms with E-state index in [-0.39, 0.29) is 12.3 Å². The third kappa shape index (κ3) is 5.45. The van der Waals surface area contributed by atoms with Gasteiger partial charge in [-0.15, -0.1) is 0 Å². The molecule has 1 aliphatic rings. The molecule has 3 rings (SSSR count). The first-order valence-electron chi connectivity index (χ1n) is 8.65. The van der Waals surface area contributed by atoms with Crippen molar-refractivity contribution in [3.05, 3.63) is 64.7 Å². The highest BCUT2D eigenvalue weighted by Gasteiger charge is 2.15. The standard InChI is InChI=1S/C19H24ClN3O2S/c1-22-9-11-23(12-10-22)19-7-5-16(6-8-19)14-21-26(24,25)15-17-3-2-4-18(20)13-17/h2-8,13,21H,9-12,14-15H2,1H3. The molecule has 0 aliphatic carbocycles. The summed E-state index contributed by atoms with van der Waals surface area (Å²) in [5.74, 6) is -0.0764. The van der Waals surface area contributed by atoms with Crippen LogP contribution in [0, 0.1) is 0 Å². The number of hydrogen-bond acceptors (Lipinski definition) is 4. The quantitative estimate of drug-likeness (QED) is 0.819. The van der Waals surface area contributed by atoms with Gasteiger partial charge in [0.15, 0.2) is 0 Å². The molecule has 1 heterocycles. The van der Waals surface area contributed by atoms with E-state index in [0.717, 1.165) is 31.7 Å². The Morgan fingerprint density at radius 2 is 1.69 bits per heavy atom. The number of hydrogen-bond donors (Lipinski definition) is 1. The smallest absolute Gasteiger partial charge is 0.216 e. The lowest BCUT2D eigenvalue weighted by atomic mass is 10.2. The molecular formula is C19H24ClN3O2S.